The standard InChI is InChI=1S/C10H14ClNOS/c1-12-9(6-14)7-3-4-10(13-2)8(11)5-7/h3-5,9,12,14H,6H2,1-2H3. The van der Waals surface area contributed by atoms with E-state index >= 15 is 0 Å². The van der Waals surface area contributed by atoms with Gasteiger partial charge in [-0.25, -0.2) is 0 Å². The maximum Gasteiger partial charge on any atom is 0.137 e. The Bertz CT molecular complexity index is 302. The quantitative estimate of drug-likeness (QED) is 0.778. The Labute approximate surface area is 95.0 Å². The molecule has 0 amide bonds. The molecule has 78 valence electrons. The van der Waals surface area contributed by atoms with Crippen molar-refractivity contribution in [1.82, 2.24) is 5.32 Å². The van der Waals surface area contributed by atoms with Crippen molar-refractivity contribution in [1.29, 1.82) is 0 Å². The van der Waals surface area contributed by atoms with E-state index in [9.17, 15) is 0 Å². The molecule has 0 fully saturated rings. The summed E-state index contributed by atoms with van der Waals surface area (Å²) in [6, 6.07) is 5.98. The molecule has 1 aromatic carbocycles. The van der Waals surface area contributed by atoms with Crippen LogP contribution in [0.15, 0.2) is 18.2 Å². The first-order valence-corrected chi connectivity index (χ1v) is 5.35. The van der Waals surface area contributed by atoms with Gasteiger partial charge in [0.2, 0.25) is 0 Å². The first-order chi connectivity index (χ1) is 6.72. The lowest BCUT2D eigenvalue weighted by Crippen LogP contribution is -2.17. The minimum Gasteiger partial charge on any atom is -0.495 e. The Morgan fingerprint density at radius 1 is 1.57 bits per heavy atom. The molecule has 0 aliphatic carbocycles. The summed E-state index contributed by atoms with van der Waals surface area (Å²) >= 11 is 10.3. The van der Waals surface area contributed by atoms with Crippen LogP contribution in [0.2, 0.25) is 5.02 Å². The van der Waals surface area contributed by atoms with Gasteiger partial charge in [-0.1, -0.05) is 17.7 Å². The summed E-state index contributed by atoms with van der Waals surface area (Å²) in [6.07, 6.45) is 0. The van der Waals surface area contributed by atoms with Gasteiger partial charge in [0.25, 0.3) is 0 Å². The molecule has 0 bridgehead atoms. The van der Waals surface area contributed by atoms with E-state index < -0.39 is 0 Å². The van der Waals surface area contributed by atoms with Crippen LogP contribution >= 0.6 is 24.2 Å². The summed E-state index contributed by atoms with van der Waals surface area (Å²) < 4.78 is 5.08. The summed E-state index contributed by atoms with van der Waals surface area (Å²) in [5.41, 5.74) is 1.12. The van der Waals surface area contributed by atoms with Gasteiger partial charge in [0.15, 0.2) is 0 Å². The Morgan fingerprint density at radius 3 is 2.71 bits per heavy atom. The third-order valence-electron chi connectivity index (χ3n) is 2.11. The fourth-order valence-corrected chi connectivity index (χ4v) is 1.92. The van der Waals surface area contributed by atoms with Gasteiger partial charge in [-0.3, -0.25) is 0 Å². The molecule has 1 rings (SSSR count). The van der Waals surface area contributed by atoms with Crippen molar-refractivity contribution in [3.8, 4) is 5.75 Å². The number of ether oxygens (including phenoxy) is 1. The van der Waals surface area contributed by atoms with Gasteiger partial charge in [0.05, 0.1) is 12.1 Å². The first kappa shape index (κ1) is 11.7. The van der Waals surface area contributed by atoms with E-state index in [4.69, 9.17) is 16.3 Å². The number of rotatable bonds is 4. The zero-order valence-corrected chi connectivity index (χ0v) is 9.90. The zero-order valence-electron chi connectivity index (χ0n) is 8.25. The highest BCUT2D eigenvalue weighted by molar-refractivity contribution is 7.80. The number of nitrogens with one attached hydrogen (secondary N) is 1. The van der Waals surface area contributed by atoms with Crippen LogP contribution in [0.25, 0.3) is 0 Å². The van der Waals surface area contributed by atoms with Crippen molar-refractivity contribution in [2.24, 2.45) is 0 Å². The fourth-order valence-electron chi connectivity index (χ4n) is 1.26. The minimum absolute atomic E-state index is 0.224. The summed E-state index contributed by atoms with van der Waals surface area (Å²) in [7, 11) is 3.51. The van der Waals surface area contributed by atoms with Crippen LogP contribution in [-0.4, -0.2) is 19.9 Å². The van der Waals surface area contributed by atoms with Crippen LogP contribution < -0.4 is 10.1 Å². The molecule has 14 heavy (non-hydrogen) atoms. The van der Waals surface area contributed by atoms with E-state index in [0.717, 1.165) is 11.3 Å². The molecule has 0 saturated heterocycles. The number of hydrogen-bond acceptors (Lipinski definition) is 3. The van der Waals surface area contributed by atoms with Gasteiger partial charge in [-0.05, 0) is 24.7 Å². The van der Waals surface area contributed by atoms with Crippen LogP contribution in [-0.2, 0) is 0 Å². The summed E-state index contributed by atoms with van der Waals surface area (Å²) in [5, 5.41) is 3.79. The monoisotopic (exact) mass is 231 g/mol. The van der Waals surface area contributed by atoms with Gasteiger partial charge in [0, 0.05) is 11.8 Å². The van der Waals surface area contributed by atoms with Crippen molar-refractivity contribution in [2.45, 2.75) is 6.04 Å². The van der Waals surface area contributed by atoms with Gasteiger partial charge < -0.3 is 10.1 Å². The highest BCUT2D eigenvalue weighted by atomic mass is 35.5. The third kappa shape index (κ3) is 2.56. The van der Waals surface area contributed by atoms with Crippen LogP contribution in [0.1, 0.15) is 11.6 Å². The van der Waals surface area contributed by atoms with Gasteiger partial charge in [-0.2, -0.15) is 12.6 Å². The normalized spacial score (nSPS) is 12.6. The lowest BCUT2D eigenvalue weighted by Gasteiger charge is -2.14. The van der Waals surface area contributed by atoms with E-state index in [0.29, 0.717) is 10.8 Å². The minimum atomic E-state index is 0.224. The van der Waals surface area contributed by atoms with E-state index in [1.54, 1.807) is 7.11 Å². The average Bonchev–Trinajstić information content (AvgIpc) is 2.20. The van der Waals surface area contributed by atoms with Gasteiger partial charge in [0.1, 0.15) is 5.75 Å². The highest BCUT2D eigenvalue weighted by Crippen LogP contribution is 2.27. The van der Waals surface area contributed by atoms with Crippen molar-refractivity contribution in [3.05, 3.63) is 28.8 Å². The van der Waals surface area contributed by atoms with E-state index in [1.807, 2.05) is 25.2 Å². The Morgan fingerprint density at radius 2 is 2.29 bits per heavy atom. The van der Waals surface area contributed by atoms with Crippen LogP contribution in [0.3, 0.4) is 0 Å². The second kappa shape index (κ2) is 5.49. The molecular formula is C10H14ClNOS. The zero-order chi connectivity index (χ0) is 10.6. The summed E-state index contributed by atoms with van der Waals surface area (Å²) in [6.45, 7) is 0. The molecule has 4 heteroatoms. The van der Waals surface area contributed by atoms with Crippen molar-refractivity contribution in [2.75, 3.05) is 19.9 Å². The maximum absolute atomic E-state index is 6.01. The maximum atomic E-state index is 6.01. The van der Waals surface area contributed by atoms with Crippen molar-refractivity contribution < 1.29 is 4.74 Å². The molecular weight excluding hydrogens is 218 g/mol. The van der Waals surface area contributed by atoms with Crippen LogP contribution in [0.5, 0.6) is 5.75 Å². The molecule has 1 aromatic rings. The summed E-state index contributed by atoms with van der Waals surface area (Å²) in [5.74, 6) is 1.43. The molecule has 0 radical (unpaired) electrons. The molecule has 0 heterocycles. The second-order valence-electron chi connectivity index (χ2n) is 2.92. The van der Waals surface area contributed by atoms with E-state index in [2.05, 4.69) is 17.9 Å². The third-order valence-corrected chi connectivity index (χ3v) is 2.77. The van der Waals surface area contributed by atoms with Crippen LogP contribution in [0, 0.1) is 0 Å². The lowest BCUT2D eigenvalue weighted by atomic mass is 10.1. The lowest BCUT2D eigenvalue weighted by molar-refractivity contribution is 0.414. The Hall–Kier alpha value is -0.380. The predicted molar refractivity (Wildman–Crippen MR) is 63.7 cm³/mol. The van der Waals surface area contributed by atoms with E-state index in [-0.39, 0.29) is 6.04 Å². The number of halogens is 1. The molecule has 0 spiro atoms. The molecule has 0 aliphatic heterocycles. The molecule has 0 aromatic heterocycles. The van der Waals surface area contributed by atoms with Gasteiger partial charge in [-0.15, -0.1) is 0 Å². The van der Waals surface area contributed by atoms with Gasteiger partial charge >= 0.3 is 0 Å². The largest absolute Gasteiger partial charge is 0.495 e. The van der Waals surface area contributed by atoms with Crippen molar-refractivity contribution in [3.63, 3.8) is 0 Å². The molecule has 0 aliphatic rings. The number of hydrogen-bond donors (Lipinski definition) is 2. The fraction of sp³-hybridized carbons (Fsp3) is 0.400. The first-order valence-electron chi connectivity index (χ1n) is 4.34. The average molecular weight is 232 g/mol. The highest BCUT2D eigenvalue weighted by Gasteiger charge is 2.09. The Balaban J connectivity index is 2.95. The number of methoxy groups -OCH3 is 1. The smallest absolute Gasteiger partial charge is 0.137 e. The molecule has 1 atom stereocenters. The van der Waals surface area contributed by atoms with Crippen LogP contribution in [0.4, 0.5) is 0 Å². The SMILES string of the molecule is CNC(CS)c1ccc(OC)c(Cl)c1. The second-order valence-corrected chi connectivity index (χ2v) is 3.69. The predicted octanol–water partition coefficient (Wildman–Crippen LogP) is 2.54. The molecule has 1 unspecified atom stereocenters. The van der Waals surface area contributed by atoms with Crippen molar-refractivity contribution >= 4 is 24.2 Å². The molecule has 0 saturated carbocycles. The Kier molecular flexibility index (Phi) is 4.58. The number of benzene rings is 1. The molecule has 1 N–H and O–H groups in total. The summed E-state index contributed by atoms with van der Waals surface area (Å²) in [4.78, 5) is 0. The number of thiol groups is 1. The topological polar surface area (TPSA) is 21.3 Å². The molecule has 2 nitrogen and oxygen atoms in total. The van der Waals surface area contributed by atoms with E-state index in [1.165, 1.54) is 0 Å².